The largest absolute Gasteiger partial charge is 0.383 e. The van der Waals surface area contributed by atoms with E-state index < -0.39 is 26.1 Å². The summed E-state index contributed by atoms with van der Waals surface area (Å²) in [5.41, 5.74) is 0.368. The van der Waals surface area contributed by atoms with Crippen molar-refractivity contribution < 1.29 is 34.7 Å². The quantitative estimate of drug-likeness (QED) is 0.509. The maximum atomic E-state index is 14.4. The van der Waals surface area contributed by atoms with E-state index in [1.54, 1.807) is 19.2 Å². The van der Waals surface area contributed by atoms with Crippen molar-refractivity contribution in [3.63, 3.8) is 0 Å². The summed E-state index contributed by atoms with van der Waals surface area (Å²) >= 11 is 0. The fraction of sp³-hybridized carbons (Fsp3) is 0.600. The van der Waals surface area contributed by atoms with Crippen molar-refractivity contribution in [3.05, 3.63) is 24.0 Å². The second kappa shape index (κ2) is 10.2. The predicted octanol–water partition coefficient (Wildman–Crippen LogP) is 0.437. The maximum absolute atomic E-state index is 14.4. The number of anilines is 1. The van der Waals surface area contributed by atoms with Gasteiger partial charge in [-0.3, -0.25) is 9.45 Å². The highest BCUT2D eigenvalue weighted by Gasteiger charge is 2.22. The molecule has 0 radical (unpaired) electrons. The fourth-order valence-electron chi connectivity index (χ4n) is 2.40. The predicted molar refractivity (Wildman–Crippen MR) is 99.9 cm³/mol. The number of rotatable bonds is 6. The number of hydrogen-bond donors (Lipinski definition) is 1. The molecule has 1 saturated heterocycles. The third-order valence-electron chi connectivity index (χ3n) is 3.51. The topological polar surface area (TPSA) is 113 Å². The molecule has 1 aliphatic heterocycles. The van der Waals surface area contributed by atoms with Crippen LogP contribution in [0.2, 0.25) is 0 Å². The molecule has 156 valence electrons. The first-order valence-corrected chi connectivity index (χ1v) is 11.6. The van der Waals surface area contributed by atoms with Crippen LogP contribution in [0, 0.1) is 5.82 Å². The molecule has 12 heteroatoms. The lowest BCUT2D eigenvalue weighted by molar-refractivity contribution is 0.144. The number of nitrogens with zero attached hydrogens (tertiary/aromatic N) is 2. The molecule has 2 rings (SSSR count). The van der Waals surface area contributed by atoms with Crippen LogP contribution in [0.15, 0.2) is 18.2 Å². The average molecular weight is 429 g/mol. The third-order valence-corrected chi connectivity index (χ3v) is 3.99. The van der Waals surface area contributed by atoms with E-state index in [1.165, 1.54) is 6.07 Å². The number of hydrogen-bond acceptors (Lipinski definition) is 8. The molecule has 27 heavy (non-hydrogen) atoms. The summed E-state index contributed by atoms with van der Waals surface area (Å²) in [6, 6.07) is 4.54. The Morgan fingerprint density at radius 1 is 1.11 bits per heavy atom. The van der Waals surface area contributed by atoms with E-state index in [-0.39, 0.29) is 5.75 Å². The van der Waals surface area contributed by atoms with Gasteiger partial charge in [0.25, 0.3) is 10.1 Å². The van der Waals surface area contributed by atoms with Crippen LogP contribution < -0.4 is 9.08 Å². The normalized spacial score (nSPS) is 15.8. The highest BCUT2D eigenvalue weighted by Crippen LogP contribution is 2.29. The van der Waals surface area contributed by atoms with Gasteiger partial charge in [-0.1, -0.05) is 6.07 Å². The van der Waals surface area contributed by atoms with Gasteiger partial charge in [-0.25, -0.2) is 4.39 Å². The van der Waals surface area contributed by atoms with Crippen LogP contribution in [0.3, 0.4) is 0 Å². The number of halogens is 1. The molecule has 1 heterocycles. The summed E-state index contributed by atoms with van der Waals surface area (Å²) in [4.78, 5) is 4.14. The van der Waals surface area contributed by atoms with Crippen molar-refractivity contribution in [2.24, 2.45) is 0 Å². The van der Waals surface area contributed by atoms with Crippen molar-refractivity contribution in [1.82, 2.24) is 4.90 Å². The fourth-order valence-corrected chi connectivity index (χ4v) is 2.86. The van der Waals surface area contributed by atoms with Gasteiger partial charge in [-0.15, -0.1) is 0 Å². The zero-order valence-corrected chi connectivity index (χ0v) is 17.1. The van der Waals surface area contributed by atoms with Crippen LogP contribution in [0.4, 0.5) is 10.1 Å². The number of benzene rings is 1. The average Bonchev–Trinajstić information content (AvgIpc) is 2.53. The maximum Gasteiger partial charge on any atom is 0.306 e. The smallest absolute Gasteiger partial charge is 0.306 e. The summed E-state index contributed by atoms with van der Waals surface area (Å²) in [5.74, 6) is -0.903. The van der Waals surface area contributed by atoms with Crippen LogP contribution in [0.1, 0.15) is 0 Å². The summed E-state index contributed by atoms with van der Waals surface area (Å²) < 4.78 is 72.3. The molecular formula is C15H25FN2O7S2. The SMILES string of the molecule is COCCN1CCN(c2cccc(OS(C)(=O)=O)c2F)CC1.CS(=O)(=O)O. The van der Waals surface area contributed by atoms with Gasteiger partial charge in [-0.05, 0) is 12.1 Å². The molecule has 0 aromatic heterocycles. The first kappa shape index (κ1) is 23.6. The van der Waals surface area contributed by atoms with Crippen LogP contribution in [0.25, 0.3) is 0 Å². The molecule has 1 N–H and O–H groups in total. The lowest BCUT2D eigenvalue weighted by Crippen LogP contribution is -2.47. The summed E-state index contributed by atoms with van der Waals surface area (Å²) in [5, 5.41) is 0. The van der Waals surface area contributed by atoms with Crippen molar-refractivity contribution in [2.45, 2.75) is 0 Å². The molecular weight excluding hydrogens is 403 g/mol. The Labute approximate surface area is 159 Å². The minimum absolute atomic E-state index is 0.262. The standard InChI is InChI=1S/C14H21FN2O4S.CH4O3S/c1-20-11-10-16-6-8-17(9-7-16)12-4-3-5-13(14(12)15)21-22(2,18)19;1-5(2,3)4/h3-5H,6-11H2,1-2H3;1H3,(H,2,3,4). The molecule has 0 atom stereocenters. The lowest BCUT2D eigenvalue weighted by atomic mass is 10.2. The summed E-state index contributed by atoms with van der Waals surface area (Å²) in [6.45, 7) is 4.47. The Morgan fingerprint density at radius 3 is 2.15 bits per heavy atom. The lowest BCUT2D eigenvalue weighted by Gasteiger charge is -2.36. The van der Waals surface area contributed by atoms with Crippen molar-refractivity contribution in [2.75, 3.05) is 63.9 Å². The second-order valence-electron chi connectivity index (χ2n) is 5.93. The molecule has 0 unspecified atom stereocenters. The van der Waals surface area contributed by atoms with E-state index in [9.17, 15) is 21.2 Å². The van der Waals surface area contributed by atoms with Gasteiger partial charge in [0, 0.05) is 39.8 Å². The summed E-state index contributed by atoms with van der Waals surface area (Å²) in [7, 11) is -5.75. The van der Waals surface area contributed by atoms with E-state index in [1.807, 2.05) is 4.90 Å². The van der Waals surface area contributed by atoms with Gasteiger partial charge < -0.3 is 13.8 Å². The van der Waals surface area contributed by atoms with Gasteiger partial charge in [0.05, 0.1) is 24.8 Å². The molecule has 0 bridgehead atoms. The van der Waals surface area contributed by atoms with Gasteiger partial charge in [-0.2, -0.15) is 16.8 Å². The zero-order valence-electron chi connectivity index (χ0n) is 15.5. The number of piperazine rings is 1. The molecule has 0 saturated carbocycles. The zero-order chi connectivity index (χ0) is 20.7. The highest BCUT2D eigenvalue weighted by molar-refractivity contribution is 7.86. The van der Waals surface area contributed by atoms with Crippen LogP contribution in [-0.4, -0.2) is 85.2 Å². The van der Waals surface area contributed by atoms with Crippen molar-refractivity contribution >= 4 is 25.9 Å². The first-order valence-electron chi connectivity index (χ1n) is 7.97. The Bertz CT molecular complexity index is 799. The van der Waals surface area contributed by atoms with Gasteiger partial charge in [0.1, 0.15) is 0 Å². The van der Waals surface area contributed by atoms with E-state index in [0.29, 0.717) is 31.6 Å². The molecule has 0 spiro atoms. The Hall–Kier alpha value is -1.47. The van der Waals surface area contributed by atoms with Gasteiger partial charge in [0.15, 0.2) is 11.6 Å². The minimum Gasteiger partial charge on any atom is -0.383 e. The molecule has 1 aromatic rings. The molecule has 1 aliphatic rings. The van der Waals surface area contributed by atoms with E-state index >= 15 is 0 Å². The molecule has 0 amide bonds. The van der Waals surface area contributed by atoms with Crippen molar-refractivity contribution in [1.29, 1.82) is 0 Å². The monoisotopic (exact) mass is 428 g/mol. The van der Waals surface area contributed by atoms with Crippen LogP contribution in [-0.2, 0) is 25.0 Å². The molecule has 1 fully saturated rings. The van der Waals surface area contributed by atoms with E-state index in [4.69, 9.17) is 9.29 Å². The highest BCUT2D eigenvalue weighted by atomic mass is 32.2. The Balaban J connectivity index is 0.000000646. The second-order valence-corrected chi connectivity index (χ2v) is 8.97. The number of methoxy groups -OCH3 is 1. The van der Waals surface area contributed by atoms with Gasteiger partial charge >= 0.3 is 10.1 Å². The Morgan fingerprint density at radius 2 is 1.67 bits per heavy atom. The van der Waals surface area contributed by atoms with E-state index in [0.717, 1.165) is 25.9 Å². The third kappa shape index (κ3) is 9.86. The van der Waals surface area contributed by atoms with E-state index in [2.05, 4.69) is 9.08 Å². The number of ether oxygens (including phenoxy) is 1. The molecule has 0 aliphatic carbocycles. The Kier molecular flexibility index (Phi) is 8.88. The van der Waals surface area contributed by atoms with Crippen molar-refractivity contribution in [3.8, 4) is 5.75 Å². The minimum atomic E-state index is -3.75. The van der Waals surface area contributed by atoms with Crippen LogP contribution >= 0.6 is 0 Å². The molecule has 1 aromatic carbocycles. The molecule has 9 nitrogen and oxygen atoms in total. The van der Waals surface area contributed by atoms with Crippen LogP contribution in [0.5, 0.6) is 5.75 Å². The first-order chi connectivity index (χ1) is 12.4. The summed E-state index contributed by atoms with van der Waals surface area (Å²) in [6.07, 6.45) is 1.61. The van der Waals surface area contributed by atoms with Gasteiger partial charge in [0.2, 0.25) is 0 Å².